The molecule has 2 N–H and O–H groups in total. The Morgan fingerprint density at radius 1 is 1.31 bits per heavy atom. The highest BCUT2D eigenvalue weighted by atomic mass is 35.5. The Morgan fingerprint density at radius 3 is 2.81 bits per heavy atom. The van der Waals surface area contributed by atoms with E-state index in [1.165, 1.54) is 11.3 Å². The highest BCUT2D eigenvalue weighted by Crippen LogP contribution is 2.29. The summed E-state index contributed by atoms with van der Waals surface area (Å²) in [6.07, 6.45) is 1.84. The van der Waals surface area contributed by atoms with Gasteiger partial charge in [0.1, 0.15) is 5.01 Å². The summed E-state index contributed by atoms with van der Waals surface area (Å²) < 4.78 is 0. The predicted octanol–water partition coefficient (Wildman–Crippen LogP) is 3.35. The maximum atomic E-state index is 12.3. The Balaban J connectivity index is 1.64. The number of hydrogen-bond donors (Lipinski definition) is 2. The van der Waals surface area contributed by atoms with Crippen molar-refractivity contribution in [2.45, 2.75) is 25.7 Å². The van der Waals surface area contributed by atoms with E-state index in [0.29, 0.717) is 28.8 Å². The zero-order valence-corrected chi connectivity index (χ0v) is 15.9. The van der Waals surface area contributed by atoms with E-state index in [9.17, 15) is 9.59 Å². The van der Waals surface area contributed by atoms with Crippen LogP contribution in [-0.2, 0) is 0 Å². The molecule has 1 aliphatic heterocycles. The number of nitrogens with one attached hydrogen (secondary N) is 2. The Kier molecular flexibility index (Phi) is 6.05. The Hall–Kier alpha value is -2.19. The minimum Gasteiger partial charge on any atom is -0.338 e. The summed E-state index contributed by atoms with van der Waals surface area (Å²) in [7, 11) is 0. The van der Waals surface area contributed by atoms with Gasteiger partial charge in [-0.2, -0.15) is 0 Å². The first kappa shape index (κ1) is 18.6. The number of piperidine rings is 1. The van der Waals surface area contributed by atoms with Crippen molar-refractivity contribution in [3.8, 4) is 0 Å². The second-order valence-corrected chi connectivity index (χ2v) is 7.47. The summed E-state index contributed by atoms with van der Waals surface area (Å²) in [5.41, 5.74) is 0.649. The molecule has 26 heavy (non-hydrogen) atoms. The van der Waals surface area contributed by atoms with Gasteiger partial charge in [0, 0.05) is 36.3 Å². The summed E-state index contributed by atoms with van der Waals surface area (Å²) in [6, 6.07) is 6.82. The fraction of sp³-hybridized carbons (Fsp3) is 0.412. The molecule has 1 aromatic heterocycles. The topological polar surface area (TPSA) is 87.2 Å². The third-order valence-corrected chi connectivity index (χ3v) is 5.46. The quantitative estimate of drug-likeness (QED) is 0.833. The van der Waals surface area contributed by atoms with Crippen LogP contribution in [0.1, 0.15) is 40.5 Å². The number of carbonyl (C=O) groups is 2. The number of carbonyl (C=O) groups excluding carboxylic acids is 2. The molecule has 9 heteroatoms. The minimum absolute atomic E-state index is 0.0533. The van der Waals surface area contributed by atoms with Gasteiger partial charge in [0.25, 0.3) is 5.91 Å². The molecule has 0 saturated carbocycles. The average Bonchev–Trinajstić information content (AvgIpc) is 3.14. The molecule has 1 aliphatic rings. The average molecular weight is 394 g/mol. The highest BCUT2D eigenvalue weighted by Gasteiger charge is 2.27. The van der Waals surface area contributed by atoms with Crippen molar-refractivity contribution in [1.29, 1.82) is 0 Å². The number of rotatable bonds is 4. The van der Waals surface area contributed by atoms with Gasteiger partial charge >= 0.3 is 6.03 Å². The number of benzene rings is 1. The SMILES string of the molecule is CCNC(=O)N1CCC[C@H](c2nnc(C(=O)Nc3ccc(Cl)cc3)s2)C1. The van der Waals surface area contributed by atoms with Crippen LogP contribution in [0.2, 0.25) is 5.02 Å². The fourth-order valence-corrected chi connectivity index (χ4v) is 3.83. The van der Waals surface area contributed by atoms with Gasteiger partial charge in [-0.1, -0.05) is 22.9 Å². The van der Waals surface area contributed by atoms with Crippen LogP contribution in [0.5, 0.6) is 0 Å². The lowest BCUT2D eigenvalue weighted by Gasteiger charge is -2.31. The molecule has 3 amide bonds. The molecule has 1 atom stereocenters. The monoisotopic (exact) mass is 393 g/mol. The molecule has 0 bridgehead atoms. The van der Waals surface area contributed by atoms with Crippen LogP contribution in [0.15, 0.2) is 24.3 Å². The summed E-state index contributed by atoms with van der Waals surface area (Å²) >= 11 is 7.12. The van der Waals surface area contributed by atoms with Gasteiger partial charge in [0.2, 0.25) is 5.01 Å². The maximum absolute atomic E-state index is 12.3. The molecule has 2 heterocycles. The molecule has 1 fully saturated rings. The molecular formula is C17H20ClN5O2S. The van der Waals surface area contributed by atoms with Crippen LogP contribution in [0.25, 0.3) is 0 Å². The van der Waals surface area contributed by atoms with Crippen molar-refractivity contribution < 1.29 is 9.59 Å². The standard InChI is InChI=1S/C17H20ClN5O2S/c1-2-19-17(25)23-9-3-4-11(10-23)15-21-22-16(26-15)14(24)20-13-7-5-12(18)6-8-13/h5-8,11H,2-4,9-10H2,1H3,(H,19,25)(H,20,24)/t11-/m0/s1. The summed E-state index contributed by atoms with van der Waals surface area (Å²) in [5.74, 6) is -0.187. The molecule has 1 saturated heterocycles. The van der Waals surface area contributed by atoms with Gasteiger partial charge in [0.05, 0.1) is 0 Å². The van der Waals surface area contributed by atoms with Crippen LogP contribution in [0.3, 0.4) is 0 Å². The van der Waals surface area contributed by atoms with Gasteiger partial charge in [-0.05, 0) is 44.0 Å². The zero-order valence-electron chi connectivity index (χ0n) is 14.4. The molecule has 1 aromatic carbocycles. The zero-order chi connectivity index (χ0) is 18.5. The van der Waals surface area contributed by atoms with E-state index in [-0.39, 0.29) is 17.9 Å². The van der Waals surface area contributed by atoms with Crippen molar-refractivity contribution in [1.82, 2.24) is 20.4 Å². The lowest BCUT2D eigenvalue weighted by Crippen LogP contribution is -2.44. The smallest absolute Gasteiger partial charge is 0.317 e. The molecule has 0 spiro atoms. The van der Waals surface area contributed by atoms with Gasteiger partial charge in [0.15, 0.2) is 0 Å². The molecular weight excluding hydrogens is 374 g/mol. The Bertz CT molecular complexity index is 780. The van der Waals surface area contributed by atoms with Crippen molar-refractivity contribution in [2.75, 3.05) is 25.0 Å². The third-order valence-electron chi connectivity index (χ3n) is 4.12. The molecule has 7 nitrogen and oxygen atoms in total. The second-order valence-electron chi connectivity index (χ2n) is 6.03. The van der Waals surface area contributed by atoms with Crippen molar-refractivity contribution >= 4 is 40.6 Å². The minimum atomic E-state index is -0.299. The molecule has 2 aromatic rings. The molecule has 138 valence electrons. The first-order valence-electron chi connectivity index (χ1n) is 8.50. The van der Waals surface area contributed by atoms with E-state index in [4.69, 9.17) is 11.6 Å². The number of aromatic nitrogens is 2. The Labute approximate surface area is 160 Å². The van der Waals surface area contributed by atoms with Gasteiger partial charge in [-0.15, -0.1) is 10.2 Å². The first-order chi connectivity index (χ1) is 12.6. The van der Waals surface area contributed by atoms with E-state index >= 15 is 0 Å². The number of amides is 3. The van der Waals surface area contributed by atoms with Gasteiger partial charge in [-0.25, -0.2) is 4.79 Å². The number of hydrogen-bond acceptors (Lipinski definition) is 5. The van der Waals surface area contributed by atoms with Crippen LogP contribution in [-0.4, -0.2) is 46.7 Å². The van der Waals surface area contributed by atoms with E-state index in [0.717, 1.165) is 24.4 Å². The van der Waals surface area contributed by atoms with Crippen LogP contribution >= 0.6 is 22.9 Å². The van der Waals surface area contributed by atoms with Crippen molar-refractivity contribution in [3.63, 3.8) is 0 Å². The highest BCUT2D eigenvalue weighted by molar-refractivity contribution is 7.13. The normalized spacial score (nSPS) is 17.0. The number of anilines is 1. The van der Waals surface area contributed by atoms with Crippen LogP contribution in [0.4, 0.5) is 10.5 Å². The summed E-state index contributed by atoms with van der Waals surface area (Å²) in [6.45, 7) is 3.84. The van der Waals surface area contributed by atoms with Crippen LogP contribution in [0, 0.1) is 0 Å². The van der Waals surface area contributed by atoms with Gasteiger partial charge < -0.3 is 15.5 Å². The molecule has 0 radical (unpaired) electrons. The number of likely N-dealkylation sites (tertiary alicyclic amines) is 1. The lowest BCUT2D eigenvalue weighted by atomic mass is 9.99. The van der Waals surface area contributed by atoms with Crippen molar-refractivity contribution in [2.24, 2.45) is 0 Å². The van der Waals surface area contributed by atoms with E-state index in [1.54, 1.807) is 29.2 Å². The second kappa shape index (κ2) is 8.46. The predicted molar refractivity (Wildman–Crippen MR) is 102 cm³/mol. The molecule has 0 unspecified atom stereocenters. The summed E-state index contributed by atoms with van der Waals surface area (Å²) in [5, 5.41) is 15.5. The number of nitrogens with zero attached hydrogens (tertiary/aromatic N) is 3. The maximum Gasteiger partial charge on any atom is 0.317 e. The van der Waals surface area contributed by atoms with Crippen molar-refractivity contribution in [3.05, 3.63) is 39.3 Å². The lowest BCUT2D eigenvalue weighted by molar-refractivity contribution is 0.102. The third kappa shape index (κ3) is 4.50. The molecule has 3 rings (SSSR count). The fourth-order valence-electron chi connectivity index (χ4n) is 2.84. The van der Waals surface area contributed by atoms with E-state index < -0.39 is 0 Å². The first-order valence-corrected chi connectivity index (χ1v) is 9.69. The number of urea groups is 1. The number of halogens is 1. The van der Waals surface area contributed by atoms with E-state index in [2.05, 4.69) is 20.8 Å². The van der Waals surface area contributed by atoms with Gasteiger partial charge in [-0.3, -0.25) is 4.79 Å². The van der Waals surface area contributed by atoms with Crippen LogP contribution < -0.4 is 10.6 Å². The Morgan fingerprint density at radius 2 is 2.08 bits per heavy atom. The van der Waals surface area contributed by atoms with E-state index in [1.807, 2.05) is 6.92 Å². The summed E-state index contributed by atoms with van der Waals surface area (Å²) in [4.78, 5) is 26.2. The largest absolute Gasteiger partial charge is 0.338 e. The molecule has 0 aliphatic carbocycles.